The van der Waals surface area contributed by atoms with Crippen molar-refractivity contribution in [3.63, 3.8) is 0 Å². The molecule has 10 heteroatoms. The Labute approximate surface area is 198 Å². The molecule has 1 aliphatic rings. The average molecular weight is 537 g/mol. The van der Waals surface area contributed by atoms with Gasteiger partial charge in [-0.1, -0.05) is 17.7 Å². The van der Waals surface area contributed by atoms with E-state index in [-0.39, 0.29) is 30.0 Å². The second-order valence-corrected chi connectivity index (χ2v) is 7.38. The molecule has 1 unspecified atom stereocenters. The first-order valence-corrected chi connectivity index (χ1v) is 10.0. The van der Waals surface area contributed by atoms with E-state index in [9.17, 15) is 0 Å². The molecule has 0 aliphatic carbocycles. The van der Waals surface area contributed by atoms with Gasteiger partial charge in [-0.25, -0.2) is 14.6 Å². The molecule has 0 saturated carbocycles. The Bertz CT molecular complexity index is 1010. The Hall–Kier alpha value is -2.47. The average Bonchev–Trinajstić information content (AvgIpc) is 3.38. The molecule has 1 aromatic carbocycles. The van der Waals surface area contributed by atoms with E-state index in [4.69, 9.17) is 9.15 Å². The van der Waals surface area contributed by atoms with Crippen molar-refractivity contribution in [1.82, 2.24) is 30.4 Å². The van der Waals surface area contributed by atoms with Gasteiger partial charge in [0.15, 0.2) is 11.8 Å². The molecule has 0 fully saturated rings. The summed E-state index contributed by atoms with van der Waals surface area (Å²) in [4.78, 5) is 13.4. The van der Waals surface area contributed by atoms with Crippen molar-refractivity contribution in [2.75, 3.05) is 14.2 Å². The maximum absolute atomic E-state index is 5.63. The monoisotopic (exact) mass is 537 g/mol. The summed E-state index contributed by atoms with van der Waals surface area (Å²) in [6, 6.07) is 8.34. The molecule has 2 N–H and O–H groups in total. The summed E-state index contributed by atoms with van der Waals surface area (Å²) in [5, 5.41) is 11.3. The number of hydrogen-bond acceptors (Lipinski definition) is 6. The summed E-state index contributed by atoms with van der Waals surface area (Å²) in [5.74, 6) is 3.08. The van der Waals surface area contributed by atoms with Crippen molar-refractivity contribution in [2.24, 2.45) is 4.99 Å². The second kappa shape index (κ2) is 10.7. The number of nitrogens with zero attached hydrogens (tertiary/aromatic N) is 5. The summed E-state index contributed by atoms with van der Waals surface area (Å²) in [6.07, 6.45) is 3.51. The normalized spacial score (nSPS) is 15.8. The Morgan fingerprint density at radius 3 is 2.84 bits per heavy atom. The van der Waals surface area contributed by atoms with E-state index in [0.717, 1.165) is 48.3 Å². The molecule has 31 heavy (non-hydrogen) atoms. The van der Waals surface area contributed by atoms with Gasteiger partial charge in [0, 0.05) is 32.2 Å². The van der Waals surface area contributed by atoms with Crippen LogP contribution in [0.25, 0.3) is 11.5 Å². The summed E-state index contributed by atoms with van der Waals surface area (Å²) in [7, 11) is 3.41. The maximum Gasteiger partial charge on any atom is 0.226 e. The van der Waals surface area contributed by atoms with Gasteiger partial charge >= 0.3 is 0 Å². The van der Waals surface area contributed by atoms with Crippen molar-refractivity contribution in [1.29, 1.82) is 0 Å². The molecule has 3 heterocycles. The zero-order chi connectivity index (χ0) is 20.9. The van der Waals surface area contributed by atoms with Crippen molar-refractivity contribution >= 4 is 29.9 Å². The molecule has 166 valence electrons. The first-order valence-electron chi connectivity index (χ1n) is 10.0. The molecule has 3 aromatic rings. The predicted molar refractivity (Wildman–Crippen MR) is 128 cm³/mol. The third-order valence-corrected chi connectivity index (χ3v) is 5.03. The summed E-state index contributed by atoms with van der Waals surface area (Å²) >= 11 is 0. The third-order valence-electron chi connectivity index (χ3n) is 5.03. The first kappa shape index (κ1) is 23.2. The molecule has 9 nitrogen and oxygen atoms in total. The summed E-state index contributed by atoms with van der Waals surface area (Å²) < 4.78 is 12.7. The highest BCUT2D eigenvalue weighted by molar-refractivity contribution is 14.0. The number of fused-ring (bicyclic) bond motifs is 1. The largest absolute Gasteiger partial charge is 0.444 e. The van der Waals surface area contributed by atoms with Crippen LogP contribution in [0.3, 0.4) is 0 Å². The minimum absolute atomic E-state index is 0. The summed E-state index contributed by atoms with van der Waals surface area (Å²) in [5.41, 5.74) is 2.99. The van der Waals surface area contributed by atoms with Crippen LogP contribution < -0.4 is 10.6 Å². The van der Waals surface area contributed by atoms with Gasteiger partial charge in [-0.3, -0.25) is 4.99 Å². The number of halogens is 1. The minimum atomic E-state index is 0. The van der Waals surface area contributed by atoms with E-state index in [1.807, 2.05) is 28.9 Å². The number of guanidine groups is 1. The van der Waals surface area contributed by atoms with E-state index < -0.39 is 0 Å². The molecule has 2 aromatic heterocycles. The lowest BCUT2D eigenvalue weighted by Crippen LogP contribution is -2.46. The Kier molecular flexibility index (Phi) is 8.02. The van der Waals surface area contributed by atoms with E-state index in [1.54, 1.807) is 20.4 Å². The topological polar surface area (TPSA) is 102 Å². The smallest absolute Gasteiger partial charge is 0.226 e. The third kappa shape index (κ3) is 5.82. The van der Waals surface area contributed by atoms with Crippen molar-refractivity contribution in [2.45, 2.75) is 45.5 Å². The standard InChI is InChI=1S/C21H27N7O2.HI/c1-14-4-6-15(7-5-14)20-24-17(12-30-20)10-23-21(22-2)25-16-8-9-19-26-18(13-29-3)27-28(19)11-16;/h4-7,12,16H,8-11,13H2,1-3H3,(H2,22,23,25);1H. The van der Waals surface area contributed by atoms with Gasteiger partial charge in [0.2, 0.25) is 5.89 Å². The minimum Gasteiger partial charge on any atom is -0.444 e. The number of hydrogen-bond donors (Lipinski definition) is 2. The molecule has 0 amide bonds. The lowest BCUT2D eigenvalue weighted by atomic mass is 10.1. The molecule has 0 radical (unpaired) electrons. The fraction of sp³-hybridized carbons (Fsp3) is 0.429. The van der Waals surface area contributed by atoms with Crippen LogP contribution in [0.4, 0.5) is 0 Å². The van der Waals surface area contributed by atoms with Crippen LogP contribution in [0.5, 0.6) is 0 Å². The predicted octanol–water partition coefficient (Wildman–Crippen LogP) is 2.69. The van der Waals surface area contributed by atoms with E-state index in [2.05, 4.69) is 37.6 Å². The highest BCUT2D eigenvalue weighted by Gasteiger charge is 2.22. The van der Waals surface area contributed by atoms with E-state index >= 15 is 0 Å². The Morgan fingerprint density at radius 2 is 2.10 bits per heavy atom. The van der Waals surface area contributed by atoms with Crippen molar-refractivity contribution < 1.29 is 9.15 Å². The van der Waals surface area contributed by atoms with Crippen LogP contribution in [-0.4, -0.2) is 45.9 Å². The SMILES string of the molecule is CN=C(NCc1coc(-c2ccc(C)cc2)n1)NC1CCc2nc(COC)nn2C1.I. The summed E-state index contributed by atoms with van der Waals surface area (Å²) in [6.45, 7) is 3.76. The highest BCUT2D eigenvalue weighted by Crippen LogP contribution is 2.19. The Balaban J connectivity index is 0.00000272. The number of oxazole rings is 1. The number of benzene rings is 1. The van der Waals surface area contributed by atoms with Gasteiger partial charge in [-0.05, 0) is 25.5 Å². The molecule has 0 saturated heterocycles. The van der Waals surface area contributed by atoms with Crippen molar-refractivity contribution in [3.05, 3.63) is 53.4 Å². The van der Waals surface area contributed by atoms with Crippen LogP contribution >= 0.6 is 24.0 Å². The fourth-order valence-corrected chi connectivity index (χ4v) is 3.45. The van der Waals surface area contributed by atoms with Crippen LogP contribution in [0, 0.1) is 6.92 Å². The molecule has 0 bridgehead atoms. The highest BCUT2D eigenvalue weighted by atomic mass is 127. The van der Waals surface area contributed by atoms with Gasteiger partial charge in [-0.2, -0.15) is 5.10 Å². The number of aryl methyl sites for hydroxylation is 2. The number of rotatable bonds is 6. The number of nitrogens with one attached hydrogen (secondary N) is 2. The zero-order valence-electron chi connectivity index (χ0n) is 18.0. The van der Waals surface area contributed by atoms with E-state index in [0.29, 0.717) is 19.0 Å². The molecular weight excluding hydrogens is 509 g/mol. The lowest BCUT2D eigenvalue weighted by Gasteiger charge is -2.25. The Morgan fingerprint density at radius 1 is 1.29 bits per heavy atom. The molecular formula is C21H28IN7O2. The number of aliphatic imine (C=N–C) groups is 1. The van der Waals surface area contributed by atoms with Crippen LogP contribution in [0.2, 0.25) is 0 Å². The van der Waals surface area contributed by atoms with E-state index in [1.165, 1.54) is 5.56 Å². The van der Waals surface area contributed by atoms with Gasteiger partial charge in [-0.15, -0.1) is 24.0 Å². The van der Waals surface area contributed by atoms with Crippen LogP contribution in [0.1, 0.15) is 29.3 Å². The van der Waals surface area contributed by atoms with Crippen molar-refractivity contribution in [3.8, 4) is 11.5 Å². The van der Waals surface area contributed by atoms with Gasteiger partial charge in [0.1, 0.15) is 18.7 Å². The van der Waals surface area contributed by atoms with Gasteiger partial charge in [0.25, 0.3) is 0 Å². The second-order valence-electron chi connectivity index (χ2n) is 7.38. The first-order chi connectivity index (χ1) is 14.6. The molecule has 1 aliphatic heterocycles. The van der Waals surface area contributed by atoms with Crippen LogP contribution in [-0.2, 0) is 30.9 Å². The fourth-order valence-electron chi connectivity index (χ4n) is 3.45. The quantitative estimate of drug-likeness (QED) is 0.283. The van der Waals surface area contributed by atoms with Gasteiger partial charge < -0.3 is 19.8 Å². The number of methoxy groups -OCH3 is 1. The van der Waals surface area contributed by atoms with Crippen LogP contribution in [0.15, 0.2) is 39.9 Å². The zero-order valence-corrected chi connectivity index (χ0v) is 20.3. The number of aromatic nitrogens is 4. The molecule has 0 spiro atoms. The number of ether oxygens (including phenoxy) is 1. The van der Waals surface area contributed by atoms with Gasteiger partial charge in [0.05, 0.1) is 18.8 Å². The lowest BCUT2D eigenvalue weighted by molar-refractivity contribution is 0.177. The molecule has 4 rings (SSSR count). The maximum atomic E-state index is 5.63. The molecule has 1 atom stereocenters.